The van der Waals surface area contributed by atoms with Gasteiger partial charge in [-0.05, 0) is 43.2 Å². The standard InChI is InChI=1S/C26H24N4O3/c1-17-13-20(29(2)28-17)16-30(12-11-19-15-27-23-9-5-4-8-21(19)23)25(31)22-14-18-7-3-6-10-24(18)33-26(22)32/h3-10,13-15,27H,11-12,16H2,1-2H3. The van der Waals surface area contributed by atoms with E-state index in [1.165, 1.54) is 0 Å². The summed E-state index contributed by atoms with van der Waals surface area (Å²) >= 11 is 0. The number of carbonyl (C=O) groups is 1. The van der Waals surface area contributed by atoms with Gasteiger partial charge in [0, 0.05) is 36.1 Å². The van der Waals surface area contributed by atoms with Gasteiger partial charge >= 0.3 is 5.63 Å². The van der Waals surface area contributed by atoms with Crippen LogP contribution in [0.2, 0.25) is 0 Å². The van der Waals surface area contributed by atoms with Crippen molar-refractivity contribution in [2.45, 2.75) is 19.9 Å². The first kappa shape index (κ1) is 20.8. The number of aromatic nitrogens is 3. The van der Waals surface area contributed by atoms with Crippen molar-refractivity contribution in [3.63, 3.8) is 0 Å². The summed E-state index contributed by atoms with van der Waals surface area (Å²) in [5.74, 6) is -0.354. The molecule has 0 unspecified atom stereocenters. The molecule has 0 saturated carbocycles. The fraction of sp³-hybridized carbons (Fsp3) is 0.192. The summed E-state index contributed by atoms with van der Waals surface area (Å²) in [6, 6.07) is 18.9. The second-order valence-electron chi connectivity index (χ2n) is 8.22. The van der Waals surface area contributed by atoms with Gasteiger partial charge in [-0.15, -0.1) is 0 Å². The molecule has 0 saturated heterocycles. The zero-order valence-electron chi connectivity index (χ0n) is 18.5. The number of hydrogen-bond donors (Lipinski definition) is 1. The zero-order chi connectivity index (χ0) is 22.9. The normalized spacial score (nSPS) is 11.3. The lowest BCUT2D eigenvalue weighted by Gasteiger charge is -2.22. The topological polar surface area (TPSA) is 84.1 Å². The Kier molecular flexibility index (Phi) is 5.30. The molecule has 0 aliphatic carbocycles. The number of para-hydroxylation sites is 2. The van der Waals surface area contributed by atoms with Gasteiger partial charge in [0.2, 0.25) is 0 Å². The van der Waals surface area contributed by atoms with Gasteiger partial charge in [-0.25, -0.2) is 4.79 Å². The van der Waals surface area contributed by atoms with Gasteiger partial charge in [0.25, 0.3) is 5.91 Å². The van der Waals surface area contributed by atoms with E-state index in [1.54, 1.807) is 27.8 Å². The monoisotopic (exact) mass is 440 g/mol. The van der Waals surface area contributed by atoms with Crippen molar-refractivity contribution in [3.8, 4) is 0 Å². The van der Waals surface area contributed by atoms with Crippen LogP contribution < -0.4 is 5.63 Å². The van der Waals surface area contributed by atoms with Crippen molar-refractivity contribution in [2.75, 3.05) is 6.54 Å². The van der Waals surface area contributed by atoms with E-state index in [0.29, 0.717) is 30.5 Å². The number of fused-ring (bicyclic) bond motifs is 2. The predicted molar refractivity (Wildman–Crippen MR) is 127 cm³/mol. The molecule has 1 amide bonds. The lowest BCUT2D eigenvalue weighted by Crippen LogP contribution is -2.35. The molecular weight excluding hydrogens is 416 g/mol. The Balaban J connectivity index is 1.49. The average Bonchev–Trinajstić information content (AvgIpc) is 3.37. The summed E-state index contributed by atoms with van der Waals surface area (Å²) < 4.78 is 7.19. The third-order valence-corrected chi connectivity index (χ3v) is 5.94. The maximum absolute atomic E-state index is 13.6. The van der Waals surface area contributed by atoms with Gasteiger partial charge in [0.05, 0.1) is 17.9 Å². The van der Waals surface area contributed by atoms with Crippen LogP contribution in [0.25, 0.3) is 21.9 Å². The quantitative estimate of drug-likeness (QED) is 0.401. The summed E-state index contributed by atoms with van der Waals surface area (Å²) in [5.41, 5.74) is 3.82. The lowest BCUT2D eigenvalue weighted by atomic mass is 10.1. The predicted octanol–water partition coefficient (Wildman–Crippen LogP) is 4.20. The molecule has 33 heavy (non-hydrogen) atoms. The largest absolute Gasteiger partial charge is 0.422 e. The highest BCUT2D eigenvalue weighted by molar-refractivity contribution is 5.96. The third-order valence-electron chi connectivity index (χ3n) is 5.94. The highest BCUT2D eigenvalue weighted by Gasteiger charge is 2.22. The molecule has 0 fully saturated rings. The molecule has 5 aromatic rings. The molecule has 0 aliphatic heterocycles. The number of rotatable bonds is 6. The van der Waals surface area contributed by atoms with Crippen LogP contribution >= 0.6 is 0 Å². The van der Waals surface area contributed by atoms with Crippen molar-refractivity contribution < 1.29 is 9.21 Å². The Morgan fingerprint density at radius 2 is 1.91 bits per heavy atom. The van der Waals surface area contributed by atoms with Crippen molar-refractivity contribution in [1.82, 2.24) is 19.7 Å². The smallest absolute Gasteiger partial charge is 0.349 e. The van der Waals surface area contributed by atoms with E-state index in [9.17, 15) is 9.59 Å². The molecule has 0 bridgehead atoms. The Bertz CT molecular complexity index is 1530. The van der Waals surface area contributed by atoms with Crippen LogP contribution in [0, 0.1) is 6.92 Å². The van der Waals surface area contributed by atoms with Gasteiger partial charge in [-0.2, -0.15) is 5.10 Å². The van der Waals surface area contributed by atoms with Gasteiger partial charge in [-0.3, -0.25) is 9.48 Å². The van der Waals surface area contributed by atoms with Crippen LogP contribution in [-0.2, 0) is 20.0 Å². The number of aromatic amines is 1. The number of amides is 1. The second-order valence-corrected chi connectivity index (χ2v) is 8.22. The van der Waals surface area contributed by atoms with E-state index in [1.807, 2.05) is 56.6 Å². The maximum Gasteiger partial charge on any atom is 0.349 e. The van der Waals surface area contributed by atoms with Crippen molar-refractivity contribution in [3.05, 3.63) is 99.8 Å². The summed E-state index contributed by atoms with van der Waals surface area (Å²) in [6.45, 7) is 2.70. The first-order valence-electron chi connectivity index (χ1n) is 10.9. The lowest BCUT2D eigenvalue weighted by molar-refractivity contribution is 0.0737. The molecule has 1 N–H and O–H groups in total. The third kappa shape index (κ3) is 4.05. The van der Waals surface area contributed by atoms with Crippen LogP contribution in [0.4, 0.5) is 0 Å². The van der Waals surface area contributed by atoms with E-state index >= 15 is 0 Å². The number of nitrogens with one attached hydrogen (secondary N) is 1. The first-order valence-corrected chi connectivity index (χ1v) is 10.9. The van der Waals surface area contributed by atoms with Crippen LogP contribution in [0.15, 0.2) is 76.1 Å². The highest BCUT2D eigenvalue weighted by Crippen LogP contribution is 2.20. The Hall–Kier alpha value is -4.13. The summed E-state index contributed by atoms with van der Waals surface area (Å²) in [7, 11) is 1.86. The number of carbonyl (C=O) groups excluding carboxylic acids is 1. The molecule has 0 atom stereocenters. The van der Waals surface area contributed by atoms with E-state index < -0.39 is 5.63 Å². The summed E-state index contributed by atoms with van der Waals surface area (Å²) in [5, 5.41) is 6.25. The fourth-order valence-electron chi connectivity index (χ4n) is 4.24. The number of nitrogens with zero attached hydrogens (tertiary/aromatic N) is 3. The molecule has 0 radical (unpaired) electrons. The van der Waals surface area contributed by atoms with E-state index in [2.05, 4.69) is 16.1 Å². The minimum atomic E-state index is -0.628. The number of H-pyrrole nitrogens is 1. The molecule has 5 rings (SSSR count). The molecule has 0 aliphatic rings. The Labute approximate surface area is 190 Å². The molecule has 7 heteroatoms. The zero-order valence-corrected chi connectivity index (χ0v) is 18.5. The molecule has 166 valence electrons. The minimum absolute atomic E-state index is 0.0338. The Morgan fingerprint density at radius 3 is 2.73 bits per heavy atom. The molecule has 3 aromatic heterocycles. The van der Waals surface area contributed by atoms with E-state index in [-0.39, 0.29) is 11.5 Å². The first-order chi connectivity index (χ1) is 16.0. The van der Waals surface area contributed by atoms with Gasteiger partial charge in [0.15, 0.2) is 0 Å². The van der Waals surface area contributed by atoms with Crippen molar-refractivity contribution in [1.29, 1.82) is 0 Å². The molecule has 2 aromatic carbocycles. The van der Waals surface area contributed by atoms with E-state index in [4.69, 9.17) is 4.42 Å². The van der Waals surface area contributed by atoms with Crippen molar-refractivity contribution in [2.24, 2.45) is 7.05 Å². The number of hydrogen-bond acceptors (Lipinski definition) is 4. The fourth-order valence-corrected chi connectivity index (χ4v) is 4.24. The van der Waals surface area contributed by atoms with Gasteiger partial charge < -0.3 is 14.3 Å². The minimum Gasteiger partial charge on any atom is -0.422 e. The molecule has 3 heterocycles. The molecular formula is C26H24N4O3. The van der Waals surface area contributed by atoms with Gasteiger partial charge in [-0.1, -0.05) is 36.4 Å². The Morgan fingerprint density at radius 1 is 1.12 bits per heavy atom. The van der Waals surface area contributed by atoms with E-state index in [0.717, 1.165) is 27.9 Å². The average molecular weight is 441 g/mol. The van der Waals surface area contributed by atoms with Crippen LogP contribution in [0.5, 0.6) is 0 Å². The van der Waals surface area contributed by atoms with Crippen LogP contribution in [0.3, 0.4) is 0 Å². The van der Waals surface area contributed by atoms with Crippen LogP contribution in [0.1, 0.15) is 27.3 Å². The maximum atomic E-state index is 13.6. The van der Waals surface area contributed by atoms with Gasteiger partial charge in [0.1, 0.15) is 11.1 Å². The SMILES string of the molecule is Cc1cc(CN(CCc2c[nH]c3ccccc23)C(=O)c2cc3ccccc3oc2=O)n(C)n1. The second kappa shape index (κ2) is 8.43. The number of benzene rings is 2. The highest BCUT2D eigenvalue weighted by atomic mass is 16.4. The molecule has 0 spiro atoms. The molecule has 7 nitrogen and oxygen atoms in total. The van der Waals surface area contributed by atoms with Crippen molar-refractivity contribution >= 4 is 27.8 Å². The summed E-state index contributed by atoms with van der Waals surface area (Å²) in [4.78, 5) is 31.2. The summed E-state index contributed by atoms with van der Waals surface area (Å²) in [6.07, 6.45) is 2.62. The number of aryl methyl sites for hydroxylation is 2. The van der Waals surface area contributed by atoms with Crippen LogP contribution in [-0.4, -0.2) is 32.1 Å².